The highest BCUT2D eigenvalue weighted by molar-refractivity contribution is 5.86. The zero-order chi connectivity index (χ0) is 24.9. The van der Waals surface area contributed by atoms with Crippen molar-refractivity contribution in [2.45, 2.75) is 44.2 Å². The number of methoxy groups -OCH3 is 1. The molecule has 35 heavy (non-hydrogen) atoms. The summed E-state index contributed by atoms with van der Waals surface area (Å²) in [5.74, 6) is -1.76. The molecule has 1 fully saturated rings. The molecule has 0 bridgehead atoms. The molecule has 0 saturated heterocycles. The van der Waals surface area contributed by atoms with Crippen molar-refractivity contribution in [3.8, 4) is 11.1 Å². The summed E-state index contributed by atoms with van der Waals surface area (Å²) in [4.78, 5) is 37.0. The number of nitrogens with one attached hydrogen (secondary N) is 2. The van der Waals surface area contributed by atoms with Crippen LogP contribution in [0.5, 0.6) is 0 Å². The minimum absolute atomic E-state index is 0.0504. The molecule has 0 heterocycles. The van der Waals surface area contributed by atoms with Crippen LogP contribution in [0.4, 0.5) is 4.79 Å². The fourth-order valence-corrected chi connectivity index (χ4v) is 4.68. The molecule has 2 aliphatic carbocycles. The number of carbonyl (C=O) groups excluding carboxylic acids is 2. The minimum Gasteiger partial charge on any atom is -0.480 e. The Balaban J connectivity index is 1.35. The number of hydrogen-bond donors (Lipinski definition) is 3. The third-order valence-corrected chi connectivity index (χ3v) is 6.93. The Labute approximate surface area is 205 Å². The second-order valence-electron chi connectivity index (χ2n) is 9.35. The predicted molar refractivity (Wildman–Crippen MR) is 130 cm³/mol. The summed E-state index contributed by atoms with van der Waals surface area (Å²) in [7, 11) is 1.40. The monoisotopic (exact) mass is 480 g/mol. The lowest BCUT2D eigenvalue weighted by molar-refractivity contribution is -0.146. The van der Waals surface area contributed by atoms with Crippen molar-refractivity contribution < 1.29 is 29.0 Å². The number of carbonyl (C=O) groups is 3. The molecule has 8 heteroatoms. The van der Waals surface area contributed by atoms with Gasteiger partial charge in [-0.2, -0.15) is 0 Å². The van der Waals surface area contributed by atoms with Gasteiger partial charge in [0.15, 0.2) is 6.04 Å². The van der Waals surface area contributed by atoms with Gasteiger partial charge in [-0.05, 0) is 41.5 Å². The summed E-state index contributed by atoms with van der Waals surface area (Å²) < 4.78 is 10.7. The maximum Gasteiger partial charge on any atom is 0.407 e. The summed E-state index contributed by atoms with van der Waals surface area (Å²) >= 11 is 0. The van der Waals surface area contributed by atoms with E-state index in [4.69, 9.17) is 9.47 Å². The molecule has 2 aliphatic rings. The molecule has 0 radical (unpaired) electrons. The molecule has 0 spiro atoms. The van der Waals surface area contributed by atoms with Crippen LogP contribution in [0.15, 0.2) is 48.5 Å². The number of ether oxygens (including phenoxy) is 2. The third-order valence-electron chi connectivity index (χ3n) is 6.93. The normalized spacial score (nSPS) is 17.0. The molecule has 0 aliphatic heterocycles. The molecule has 3 N–H and O–H groups in total. The van der Waals surface area contributed by atoms with Crippen LogP contribution < -0.4 is 10.6 Å². The number of benzene rings is 2. The summed E-state index contributed by atoms with van der Waals surface area (Å²) in [5, 5.41) is 14.7. The van der Waals surface area contributed by atoms with Crippen molar-refractivity contribution in [2.75, 3.05) is 20.3 Å². The van der Waals surface area contributed by atoms with Crippen molar-refractivity contribution >= 4 is 18.0 Å². The number of rotatable bonds is 11. The highest BCUT2D eigenvalue weighted by Gasteiger charge is 2.34. The predicted octanol–water partition coefficient (Wildman–Crippen LogP) is 3.55. The molecular formula is C27H32N2O6. The lowest BCUT2D eigenvalue weighted by Crippen LogP contribution is -2.51. The molecule has 2 amide bonds. The second kappa shape index (κ2) is 10.9. The number of fused-ring (bicyclic) bond motifs is 3. The average molecular weight is 481 g/mol. The molecule has 3 atom stereocenters. The van der Waals surface area contributed by atoms with E-state index in [0.29, 0.717) is 12.3 Å². The number of hydrogen-bond acceptors (Lipinski definition) is 5. The van der Waals surface area contributed by atoms with Gasteiger partial charge in [-0.1, -0.05) is 61.4 Å². The summed E-state index contributed by atoms with van der Waals surface area (Å²) in [5.41, 5.74) is 4.55. The zero-order valence-electron chi connectivity index (χ0n) is 20.0. The lowest BCUT2D eigenvalue weighted by Gasteiger charge is -2.24. The van der Waals surface area contributed by atoms with E-state index in [9.17, 15) is 19.5 Å². The van der Waals surface area contributed by atoms with Crippen LogP contribution in [0.25, 0.3) is 11.1 Å². The number of alkyl carbamates (subject to hydrolysis) is 1. The Morgan fingerprint density at radius 1 is 1.03 bits per heavy atom. The van der Waals surface area contributed by atoms with Crippen LogP contribution in [0, 0.1) is 11.8 Å². The van der Waals surface area contributed by atoms with E-state index in [1.165, 1.54) is 7.11 Å². The maximum atomic E-state index is 12.9. The van der Waals surface area contributed by atoms with E-state index in [0.717, 1.165) is 35.1 Å². The van der Waals surface area contributed by atoms with Crippen molar-refractivity contribution in [2.24, 2.45) is 11.8 Å². The third kappa shape index (κ3) is 5.82. The van der Waals surface area contributed by atoms with E-state index < -0.39 is 36.0 Å². The maximum absolute atomic E-state index is 12.9. The standard InChI is InChI=1S/C27H32N2O6/c1-16(34-2)24(26(31)32)29-25(30)18(13-17-11-12-17)14-28-27(33)35-15-23-21-9-5-3-7-19(21)20-8-4-6-10-22(20)23/h3-10,16-18,23-24H,11-15H2,1-2H3,(H,28,33)(H,29,30)(H,31,32). The molecule has 186 valence electrons. The first kappa shape index (κ1) is 24.7. The Morgan fingerprint density at radius 3 is 2.17 bits per heavy atom. The van der Waals surface area contributed by atoms with Crippen LogP contribution in [0.3, 0.4) is 0 Å². The zero-order valence-corrected chi connectivity index (χ0v) is 20.0. The van der Waals surface area contributed by atoms with Gasteiger partial charge in [0.25, 0.3) is 0 Å². The van der Waals surface area contributed by atoms with E-state index in [-0.39, 0.29) is 19.1 Å². The Morgan fingerprint density at radius 2 is 1.63 bits per heavy atom. The van der Waals surface area contributed by atoms with Gasteiger partial charge in [0.05, 0.1) is 12.0 Å². The summed E-state index contributed by atoms with van der Waals surface area (Å²) in [6, 6.07) is 15.0. The highest BCUT2D eigenvalue weighted by atomic mass is 16.5. The topological polar surface area (TPSA) is 114 Å². The fourth-order valence-electron chi connectivity index (χ4n) is 4.68. The van der Waals surface area contributed by atoms with Crippen LogP contribution in [0.1, 0.15) is 43.2 Å². The van der Waals surface area contributed by atoms with Crippen LogP contribution >= 0.6 is 0 Å². The molecule has 8 nitrogen and oxygen atoms in total. The first-order valence-corrected chi connectivity index (χ1v) is 12.0. The van der Waals surface area contributed by atoms with E-state index >= 15 is 0 Å². The number of carboxylic acids is 1. The van der Waals surface area contributed by atoms with E-state index in [1.54, 1.807) is 6.92 Å². The number of aliphatic carboxylic acids is 1. The molecule has 1 saturated carbocycles. The van der Waals surface area contributed by atoms with Crippen molar-refractivity contribution in [3.05, 3.63) is 59.7 Å². The molecule has 2 aromatic carbocycles. The molecule has 2 aromatic rings. The van der Waals surface area contributed by atoms with Crippen LogP contribution in [-0.2, 0) is 19.1 Å². The van der Waals surface area contributed by atoms with Crippen LogP contribution in [-0.4, -0.2) is 55.5 Å². The second-order valence-corrected chi connectivity index (χ2v) is 9.35. The van der Waals surface area contributed by atoms with Crippen molar-refractivity contribution in [1.29, 1.82) is 0 Å². The molecule has 0 aromatic heterocycles. The first-order chi connectivity index (χ1) is 16.9. The molecule has 3 unspecified atom stereocenters. The largest absolute Gasteiger partial charge is 0.480 e. The van der Waals surface area contributed by atoms with Gasteiger partial charge in [-0.3, -0.25) is 4.79 Å². The van der Waals surface area contributed by atoms with Gasteiger partial charge in [0.2, 0.25) is 5.91 Å². The smallest absolute Gasteiger partial charge is 0.407 e. The Kier molecular flexibility index (Phi) is 7.70. The van der Waals surface area contributed by atoms with Gasteiger partial charge in [-0.25, -0.2) is 9.59 Å². The first-order valence-electron chi connectivity index (χ1n) is 12.0. The quantitative estimate of drug-likeness (QED) is 0.453. The SMILES string of the molecule is COC(C)C(NC(=O)C(CNC(=O)OCC1c2ccccc2-c2ccccc21)CC1CC1)C(=O)O. The fraction of sp³-hybridized carbons (Fsp3) is 0.444. The van der Waals surface area contributed by atoms with Gasteiger partial charge in [0, 0.05) is 19.6 Å². The van der Waals surface area contributed by atoms with E-state index in [1.807, 2.05) is 24.3 Å². The molecular weight excluding hydrogens is 448 g/mol. The van der Waals surface area contributed by atoms with Crippen molar-refractivity contribution in [3.63, 3.8) is 0 Å². The Hall–Kier alpha value is -3.39. The van der Waals surface area contributed by atoms with Crippen molar-refractivity contribution in [1.82, 2.24) is 10.6 Å². The van der Waals surface area contributed by atoms with E-state index in [2.05, 4.69) is 34.9 Å². The lowest BCUT2D eigenvalue weighted by atomic mass is 9.98. The van der Waals surface area contributed by atoms with Gasteiger partial charge >= 0.3 is 12.1 Å². The van der Waals surface area contributed by atoms with Gasteiger partial charge in [0.1, 0.15) is 6.61 Å². The Bertz CT molecular complexity index is 1040. The highest BCUT2D eigenvalue weighted by Crippen LogP contribution is 2.44. The van der Waals surface area contributed by atoms with Gasteiger partial charge in [-0.15, -0.1) is 0 Å². The number of carboxylic acid groups (broad SMARTS) is 1. The minimum atomic E-state index is -1.16. The van der Waals surface area contributed by atoms with Gasteiger partial charge < -0.3 is 25.2 Å². The summed E-state index contributed by atoms with van der Waals surface area (Å²) in [6.45, 7) is 1.85. The average Bonchev–Trinajstić information content (AvgIpc) is 3.63. The molecule has 4 rings (SSSR count). The van der Waals surface area contributed by atoms with Crippen LogP contribution in [0.2, 0.25) is 0 Å². The summed E-state index contributed by atoms with van der Waals surface area (Å²) in [6.07, 6.45) is 1.37. The number of amides is 2.